The summed E-state index contributed by atoms with van der Waals surface area (Å²) < 4.78 is 2.42. The van der Waals surface area contributed by atoms with Crippen molar-refractivity contribution >= 4 is 17.5 Å². The number of thioether (sulfide) groups is 1. The predicted octanol–water partition coefficient (Wildman–Crippen LogP) is 4.10. The largest absolute Gasteiger partial charge is 0.348 e. The Labute approximate surface area is 120 Å². The van der Waals surface area contributed by atoms with E-state index >= 15 is 0 Å². The highest BCUT2D eigenvalue weighted by atomic mass is 32.2. The van der Waals surface area contributed by atoms with Crippen molar-refractivity contribution in [3.63, 3.8) is 0 Å². The molecule has 1 saturated carbocycles. The third kappa shape index (κ3) is 2.37. The van der Waals surface area contributed by atoms with Gasteiger partial charge in [0.1, 0.15) is 0 Å². The van der Waals surface area contributed by atoms with Crippen molar-refractivity contribution in [3.05, 3.63) is 23.5 Å². The van der Waals surface area contributed by atoms with Crippen LogP contribution in [0.5, 0.6) is 0 Å². The molecular formula is C16H23NOS. The molecule has 2 nitrogen and oxygen atoms in total. The lowest BCUT2D eigenvalue weighted by Gasteiger charge is -2.31. The molecule has 1 fully saturated rings. The third-order valence-electron chi connectivity index (χ3n) is 4.69. The molecule has 2 unspecified atom stereocenters. The van der Waals surface area contributed by atoms with Crippen LogP contribution in [0.1, 0.15) is 61.6 Å². The van der Waals surface area contributed by atoms with Crippen molar-refractivity contribution in [2.24, 2.45) is 5.41 Å². The highest BCUT2D eigenvalue weighted by molar-refractivity contribution is 7.99. The summed E-state index contributed by atoms with van der Waals surface area (Å²) in [7, 11) is 0. The number of rotatable bonds is 2. The zero-order chi connectivity index (χ0) is 13.6. The van der Waals surface area contributed by atoms with E-state index in [1.807, 2.05) is 11.8 Å². The lowest BCUT2D eigenvalue weighted by Crippen LogP contribution is -2.28. The summed E-state index contributed by atoms with van der Waals surface area (Å²) in [6.45, 7) is 4.43. The summed E-state index contributed by atoms with van der Waals surface area (Å²) >= 11 is 1.99. The molecule has 0 N–H and O–H groups in total. The lowest BCUT2D eigenvalue weighted by atomic mass is 9.76. The molecule has 2 atom stereocenters. The number of carbonyl (C=O) groups excluding carboxylic acids is 1. The van der Waals surface area contributed by atoms with Gasteiger partial charge in [0.2, 0.25) is 0 Å². The van der Waals surface area contributed by atoms with Gasteiger partial charge in [-0.25, -0.2) is 0 Å². The van der Waals surface area contributed by atoms with Crippen LogP contribution >= 0.6 is 11.8 Å². The Morgan fingerprint density at radius 2 is 2.11 bits per heavy atom. The van der Waals surface area contributed by atoms with E-state index in [9.17, 15) is 4.79 Å². The fourth-order valence-electron chi connectivity index (χ4n) is 3.69. The third-order valence-corrected chi connectivity index (χ3v) is 5.79. The minimum Gasteiger partial charge on any atom is -0.348 e. The monoisotopic (exact) mass is 277 g/mol. The van der Waals surface area contributed by atoms with Crippen molar-refractivity contribution in [1.29, 1.82) is 0 Å². The average molecular weight is 277 g/mol. The number of Topliss-reactive ketones (excluding diaryl/α,β-unsaturated/α-hetero) is 1. The molecule has 2 aliphatic rings. The van der Waals surface area contributed by atoms with Crippen LogP contribution in [-0.4, -0.2) is 21.9 Å². The normalized spacial score (nSPS) is 29.5. The molecule has 0 amide bonds. The van der Waals surface area contributed by atoms with Gasteiger partial charge in [0.05, 0.1) is 0 Å². The number of carbonyl (C=O) groups is 1. The van der Waals surface area contributed by atoms with Crippen LogP contribution in [0.3, 0.4) is 0 Å². The molecule has 3 rings (SSSR count). The SMILES string of the molecule is CSC1CCC(n2ccc3c2CC(C)(C)CC3=O)C1. The molecule has 104 valence electrons. The number of nitrogens with zero attached hydrogens (tertiary/aromatic N) is 1. The van der Waals surface area contributed by atoms with Crippen molar-refractivity contribution in [3.8, 4) is 0 Å². The number of fused-ring (bicyclic) bond motifs is 1. The summed E-state index contributed by atoms with van der Waals surface area (Å²) in [5, 5.41) is 0.801. The smallest absolute Gasteiger partial charge is 0.165 e. The minimum absolute atomic E-state index is 0.123. The molecule has 3 heteroatoms. The lowest BCUT2D eigenvalue weighted by molar-refractivity contribution is 0.0909. The maximum atomic E-state index is 12.2. The van der Waals surface area contributed by atoms with Crippen LogP contribution in [0.25, 0.3) is 0 Å². The van der Waals surface area contributed by atoms with E-state index in [2.05, 4.69) is 36.9 Å². The van der Waals surface area contributed by atoms with Crippen LogP contribution < -0.4 is 0 Å². The number of hydrogen-bond acceptors (Lipinski definition) is 2. The van der Waals surface area contributed by atoms with Gasteiger partial charge in [-0.1, -0.05) is 13.8 Å². The highest BCUT2D eigenvalue weighted by Gasteiger charge is 2.35. The topological polar surface area (TPSA) is 22.0 Å². The van der Waals surface area contributed by atoms with Gasteiger partial charge in [-0.3, -0.25) is 4.79 Å². The second kappa shape index (κ2) is 4.69. The van der Waals surface area contributed by atoms with E-state index in [1.165, 1.54) is 25.0 Å². The van der Waals surface area contributed by atoms with Gasteiger partial charge >= 0.3 is 0 Å². The van der Waals surface area contributed by atoms with E-state index in [0.717, 1.165) is 17.2 Å². The summed E-state index contributed by atoms with van der Waals surface area (Å²) in [5.74, 6) is 0.337. The van der Waals surface area contributed by atoms with E-state index in [0.29, 0.717) is 18.2 Å². The summed E-state index contributed by atoms with van der Waals surface area (Å²) in [6, 6.07) is 2.67. The summed E-state index contributed by atoms with van der Waals surface area (Å²) in [5.41, 5.74) is 2.41. The van der Waals surface area contributed by atoms with Gasteiger partial charge in [0, 0.05) is 35.2 Å². The second-order valence-electron chi connectivity index (χ2n) is 6.85. The molecule has 0 bridgehead atoms. The summed E-state index contributed by atoms with van der Waals surface area (Å²) in [6.07, 6.45) is 9.96. The maximum absolute atomic E-state index is 12.2. The van der Waals surface area contributed by atoms with Gasteiger partial charge in [-0.15, -0.1) is 0 Å². The first-order valence-electron chi connectivity index (χ1n) is 7.26. The molecule has 0 radical (unpaired) electrons. The van der Waals surface area contributed by atoms with Crippen LogP contribution in [0.2, 0.25) is 0 Å². The van der Waals surface area contributed by atoms with Crippen molar-refractivity contribution in [1.82, 2.24) is 4.57 Å². The minimum atomic E-state index is 0.123. The first-order valence-corrected chi connectivity index (χ1v) is 8.55. The Hall–Kier alpha value is -0.700. The first-order chi connectivity index (χ1) is 9.00. The molecule has 1 heterocycles. The van der Waals surface area contributed by atoms with E-state index < -0.39 is 0 Å². The summed E-state index contributed by atoms with van der Waals surface area (Å²) in [4.78, 5) is 12.2. The fraction of sp³-hybridized carbons (Fsp3) is 0.688. The van der Waals surface area contributed by atoms with Gasteiger partial charge in [-0.05, 0) is 43.4 Å². The predicted molar refractivity (Wildman–Crippen MR) is 81.1 cm³/mol. The van der Waals surface area contributed by atoms with Crippen LogP contribution in [0.4, 0.5) is 0 Å². The molecule has 1 aromatic rings. The maximum Gasteiger partial charge on any atom is 0.165 e. The zero-order valence-electron chi connectivity index (χ0n) is 12.1. The molecule has 0 saturated heterocycles. The number of aromatic nitrogens is 1. The Balaban J connectivity index is 1.91. The molecule has 19 heavy (non-hydrogen) atoms. The standard InChI is InChI=1S/C16H23NOS/c1-16(2)9-14-13(15(18)10-16)6-7-17(14)11-4-5-12(8-11)19-3/h6-7,11-12H,4-5,8-10H2,1-3H3. The van der Waals surface area contributed by atoms with Crippen molar-refractivity contribution in [2.45, 2.75) is 57.2 Å². The Kier molecular flexibility index (Phi) is 3.28. The first kappa shape index (κ1) is 13.3. The molecule has 1 aromatic heterocycles. The highest BCUT2D eigenvalue weighted by Crippen LogP contribution is 2.41. The van der Waals surface area contributed by atoms with E-state index in [-0.39, 0.29) is 5.41 Å². The van der Waals surface area contributed by atoms with Crippen LogP contribution in [0, 0.1) is 5.41 Å². The Morgan fingerprint density at radius 3 is 2.79 bits per heavy atom. The molecular weight excluding hydrogens is 254 g/mol. The van der Waals surface area contributed by atoms with Crippen molar-refractivity contribution < 1.29 is 4.79 Å². The van der Waals surface area contributed by atoms with Gasteiger partial charge in [0.15, 0.2) is 5.78 Å². The average Bonchev–Trinajstić information content (AvgIpc) is 2.92. The molecule has 2 aliphatic carbocycles. The van der Waals surface area contributed by atoms with Crippen LogP contribution in [-0.2, 0) is 6.42 Å². The van der Waals surface area contributed by atoms with Crippen molar-refractivity contribution in [2.75, 3.05) is 6.26 Å². The Morgan fingerprint density at radius 1 is 1.32 bits per heavy atom. The van der Waals surface area contributed by atoms with Gasteiger partial charge in [-0.2, -0.15) is 11.8 Å². The molecule has 0 aromatic carbocycles. The Bertz CT molecular complexity index is 503. The van der Waals surface area contributed by atoms with E-state index in [4.69, 9.17) is 0 Å². The number of ketones is 1. The van der Waals surface area contributed by atoms with Gasteiger partial charge < -0.3 is 4.57 Å². The van der Waals surface area contributed by atoms with Crippen LogP contribution in [0.15, 0.2) is 12.3 Å². The quantitative estimate of drug-likeness (QED) is 0.812. The fourth-order valence-corrected chi connectivity index (χ4v) is 4.48. The zero-order valence-corrected chi connectivity index (χ0v) is 12.9. The van der Waals surface area contributed by atoms with Gasteiger partial charge in [0.25, 0.3) is 0 Å². The number of hydrogen-bond donors (Lipinski definition) is 0. The second-order valence-corrected chi connectivity index (χ2v) is 7.99. The molecule has 0 spiro atoms. The van der Waals surface area contributed by atoms with E-state index in [1.54, 1.807) is 0 Å². The molecule has 0 aliphatic heterocycles.